The number of benzene rings is 1. The zero-order valence-electron chi connectivity index (χ0n) is 9.68. The van der Waals surface area contributed by atoms with Gasteiger partial charge in [0.15, 0.2) is 0 Å². The Balaban J connectivity index is 2.46. The minimum absolute atomic E-state index is 0.0489. The first-order chi connectivity index (χ1) is 7.97. The highest BCUT2D eigenvalue weighted by Crippen LogP contribution is 2.34. The number of alkyl halides is 1. The summed E-state index contributed by atoms with van der Waals surface area (Å²) in [6.45, 7) is 4.28. The number of imidazole rings is 1. The lowest BCUT2D eigenvalue weighted by molar-refractivity contribution is 0.574. The molecule has 1 unspecified atom stereocenters. The van der Waals surface area contributed by atoms with Gasteiger partial charge in [-0.3, -0.25) is 0 Å². The highest BCUT2D eigenvalue weighted by molar-refractivity contribution is 9.10. The predicted molar refractivity (Wildman–Crippen MR) is 74.7 cm³/mol. The van der Waals surface area contributed by atoms with Gasteiger partial charge in [0.1, 0.15) is 0 Å². The second-order valence-electron chi connectivity index (χ2n) is 4.60. The molecule has 0 aliphatic heterocycles. The molecule has 0 saturated heterocycles. The summed E-state index contributed by atoms with van der Waals surface area (Å²) in [5.74, 6) is 0.533. The number of hydrogen-bond acceptors (Lipinski definition) is 1. The summed E-state index contributed by atoms with van der Waals surface area (Å²) < 4.78 is 0.931. The molecule has 2 N–H and O–H groups in total. The van der Waals surface area contributed by atoms with Gasteiger partial charge in [0, 0.05) is 4.47 Å². The molecule has 0 bridgehead atoms. The van der Waals surface area contributed by atoms with Gasteiger partial charge in [-0.25, -0.2) is 4.79 Å². The van der Waals surface area contributed by atoms with Gasteiger partial charge in [-0.15, -0.1) is 11.6 Å². The van der Waals surface area contributed by atoms with Crippen LogP contribution in [-0.2, 0) is 0 Å². The molecule has 0 amide bonds. The zero-order chi connectivity index (χ0) is 12.6. The molecule has 2 aromatic rings. The fraction of sp³-hybridized carbons (Fsp3) is 0.417. The van der Waals surface area contributed by atoms with Crippen LogP contribution in [0.4, 0.5) is 0 Å². The van der Waals surface area contributed by atoms with E-state index in [0.717, 1.165) is 27.5 Å². The van der Waals surface area contributed by atoms with E-state index < -0.39 is 0 Å². The minimum Gasteiger partial charge on any atom is -0.306 e. The Morgan fingerprint density at radius 2 is 1.88 bits per heavy atom. The van der Waals surface area contributed by atoms with Crippen molar-refractivity contribution in [1.82, 2.24) is 9.97 Å². The standard InChI is InChI=1S/C12H14BrClN2O/c1-6(2)3-9(14)7-4-10-11(5-8(7)13)16-12(17)15-10/h4-6,9H,3H2,1-2H3,(H2,15,16,17). The van der Waals surface area contributed by atoms with Crippen LogP contribution in [0, 0.1) is 5.92 Å². The molecule has 1 heterocycles. The van der Waals surface area contributed by atoms with E-state index in [9.17, 15) is 4.79 Å². The van der Waals surface area contributed by atoms with E-state index in [1.165, 1.54) is 0 Å². The van der Waals surface area contributed by atoms with Gasteiger partial charge in [0.2, 0.25) is 0 Å². The summed E-state index contributed by atoms with van der Waals surface area (Å²) in [7, 11) is 0. The first-order valence-corrected chi connectivity index (χ1v) is 6.76. The van der Waals surface area contributed by atoms with Crippen LogP contribution in [0.25, 0.3) is 11.0 Å². The van der Waals surface area contributed by atoms with Crippen molar-refractivity contribution in [2.45, 2.75) is 25.6 Å². The maximum atomic E-state index is 11.2. The maximum Gasteiger partial charge on any atom is 0.323 e. The number of rotatable bonds is 3. The fourth-order valence-electron chi connectivity index (χ4n) is 1.85. The average Bonchev–Trinajstić information content (AvgIpc) is 2.54. The number of aromatic nitrogens is 2. The van der Waals surface area contributed by atoms with Crippen molar-refractivity contribution < 1.29 is 0 Å². The van der Waals surface area contributed by atoms with Gasteiger partial charge in [-0.05, 0) is 30.0 Å². The van der Waals surface area contributed by atoms with Crippen LogP contribution in [-0.4, -0.2) is 9.97 Å². The van der Waals surface area contributed by atoms with E-state index in [0.29, 0.717) is 5.92 Å². The van der Waals surface area contributed by atoms with Crippen molar-refractivity contribution in [2.24, 2.45) is 5.92 Å². The molecular weight excluding hydrogens is 304 g/mol. The largest absolute Gasteiger partial charge is 0.323 e. The molecule has 92 valence electrons. The van der Waals surface area contributed by atoms with Gasteiger partial charge in [-0.2, -0.15) is 0 Å². The molecule has 3 nitrogen and oxygen atoms in total. The maximum absolute atomic E-state index is 11.2. The van der Waals surface area contributed by atoms with Gasteiger partial charge < -0.3 is 9.97 Å². The van der Waals surface area contributed by atoms with Gasteiger partial charge >= 0.3 is 5.69 Å². The number of fused-ring (bicyclic) bond motifs is 1. The molecular formula is C12H14BrClN2O. The molecule has 0 saturated carbocycles. The summed E-state index contributed by atoms with van der Waals surface area (Å²) in [6.07, 6.45) is 0.903. The number of aromatic amines is 2. The molecule has 0 radical (unpaired) electrons. The van der Waals surface area contributed by atoms with E-state index in [2.05, 4.69) is 39.7 Å². The van der Waals surface area contributed by atoms with Crippen molar-refractivity contribution in [2.75, 3.05) is 0 Å². The Labute approximate surface area is 113 Å². The smallest absolute Gasteiger partial charge is 0.306 e. The Morgan fingerprint density at radius 3 is 2.47 bits per heavy atom. The van der Waals surface area contributed by atoms with Crippen LogP contribution < -0.4 is 5.69 Å². The molecule has 2 rings (SSSR count). The normalized spacial score (nSPS) is 13.5. The lowest BCUT2D eigenvalue weighted by Gasteiger charge is -2.14. The second kappa shape index (κ2) is 4.86. The van der Waals surface area contributed by atoms with E-state index in [-0.39, 0.29) is 11.1 Å². The average molecular weight is 318 g/mol. The quantitative estimate of drug-likeness (QED) is 0.828. The van der Waals surface area contributed by atoms with Crippen LogP contribution in [0.5, 0.6) is 0 Å². The third kappa shape index (κ3) is 2.75. The second-order valence-corrected chi connectivity index (χ2v) is 5.98. The molecule has 0 aliphatic rings. The highest BCUT2D eigenvalue weighted by atomic mass is 79.9. The van der Waals surface area contributed by atoms with Crippen LogP contribution in [0.1, 0.15) is 31.2 Å². The third-order valence-electron chi connectivity index (χ3n) is 2.65. The highest BCUT2D eigenvalue weighted by Gasteiger charge is 2.15. The number of halogens is 2. The van der Waals surface area contributed by atoms with Gasteiger partial charge in [-0.1, -0.05) is 29.8 Å². The SMILES string of the molecule is CC(C)CC(Cl)c1cc2[nH]c(=O)[nH]c2cc1Br. The molecule has 5 heteroatoms. The lowest BCUT2D eigenvalue weighted by atomic mass is 10.0. The van der Waals surface area contributed by atoms with Crippen molar-refractivity contribution >= 4 is 38.6 Å². The van der Waals surface area contributed by atoms with Crippen LogP contribution in [0.2, 0.25) is 0 Å². The number of hydrogen-bond donors (Lipinski definition) is 2. The summed E-state index contributed by atoms with van der Waals surface area (Å²) in [6, 6.07) is 3.82. The Morgan fingerprint density at radius 1 is 1.29 bits per heavy atom. The Kier molecular flexibility index (Phi) is 3.64. The molecule has 1 aromatic carbocycles. The summed E-state index contributed by atoms with van der Waals surface area (Å²) in [4.78, 5) is 16.7. The van der Waals surface area contributed by atoms with Crippen LogP contribution >= 0.6 is 27.5 Å². The number of H-pyrrole nitrogens is 2. The summed E-state index contributed by atoms with van der Waals surface area (Å²) in [5.41, 5.74) is 2.41. The Bertz CT molecular complexity index is 588. The minimum atomic E-state index is -0.195. The van der Waals surface area contributed by atoms with E-state index >= 15 is 0 Å². The Hall–Kier alpha value is -0.740. The fourth-order valence-corrected chi connectivity index (χ4v) is 3.14. The summed E-state index contributed by atoms with van der Waals surface area (Å²) >= 11 is 9.88. The summed E-state index contributed by atoms with van der Waals surface area (Å²) in [5, 5.41) is -0.0489. The molecule has 1 aromatic heterocycles. The zero-order valence-corrected chi connectivity index (χ0v) is 12.0. The molecule has 0 spiro atoms. The lowest BCUT2D eigenvalue weighted by Crippen LogP contribution is -1.99. The molecule has 0 fully saturated rings. The first kappa shape index (κ1) is 12.7. The van der Waals surface area contributed by atoms with E-state index in [1.807, 2.05) is 12.1 Å². The third-order valence-corrected chi connectivity index (χ3v) is 3.75. The van der Waals surface area contributed by atoms with Crippen LogP contribution in [0.15, 0.2) is 21.4 Å². The van der Waals surface area contributed by atoms with Gasteiger partial charge in [0.05, 0.1) is 16.4 Å². The van der Waals surface area contributed by atoms with E-state index in [4.69, 9.17) is 11.6 Å². The van der Waals surface area contributed by atoms with Crippen molar-refractivity contribution in [3.05, 3.63) is 32.7 Å². The molecule has 17 heavy (non-hydrogen) atoms. The molecule has 1 atom stereocenters. The topological polar surface area (TPSA) is 48.6 Å². The van der Waals surface area contributed by atoms with Crippen LogP contribution in [0.3, 0.4) is 0 Å². The monoisotopic (exact) mass is 316 g/mol. The molecule has 0 aliphatic carbocycles. The van der Waals surface area contributed by atoms with Gasteiger partial charge in [0.25, 0.3) is 0 Å². The number of nitrogens with one attached hydrogen (secondary N) is 2. The van der Waals surface area contributed by atoms with E-state index in [1.54, 1.807) is 0 Å². The first-order valence-electron chi connectivity index (χ1n) is 5.53. The predicted octanol–water partition coefficient (Wildman–Crippen LogP) is 3.94. The van der Waals surface area contributed by atoms with Crippen molar-refractivity contribution in [1.29, 1.82) is 0 Å². The van der Waals surface area contributed by atoms with Crippen molar-refractivity contribution in [3.63, 3.8) is 0 Å². The van der Waals surface area contributed by atoms with Crippen molar-refractivity contribution in [3.8, 4) is 0 Å².